The normalized spacial score (nSPS) is 10.4. The Balaban J connectivity index is 0.000000769. The fourth-order valence-electron chi connectivity index (χ4n) is 4.26. The van der Waals surface area contributed by atoms with Crippen molar-refractivity contribution < 1.29 is 37.7 Å². The van der Waals surface area contributed by atoms with Crippen LogP contribution in [0.5, 0.6) is 11.5 Å². The van der Waals surface area contributed by atoms with E-state index in [0.29, 0.717) is 61.9 Å². The molecule has 1 N–H and O–H groups in total. The van der Waals surface area contributed by atoms with Crippen molar-refractivity contribution in [2.24, 2.45) is 11.8 Å². The molecule has 0 aliphatic carbocycles. The Morgan fingerprint density at radius 3 is 1.53 bits per heavy atom. The Bertz CT molecular complexity index is 1160. The van der Waals surface area contributed by atoms with Crippen molar-refractivity contribution in [2.45, 2.75) is 92.9 Å². The van der Waals surface area contributed by atoms with Crippen LogP contribution in [0.4, 0.5) is 8.78 Å². The zero-order valence-corrected chi connectivity index (χ0v) is 32.2. The molecule has 0 heterocycles. The van der Waals surface area contributed by atoms with E-state index in [9.17, 15) is 23.5 Å². The first-order chi connectivity index (χ1) is 21.2. The molecule has 45 heavy (non-hydrogen) atoms. The average Bonchev–Trinajstić information content (AvgIpc) is 2.96. The predicted molar refractivity (Wildman–Crippen MR) is 190 cm³/mol. The van der Waals surface area contributed by atoms with Crippen LogP contribution in [0, 0.1) is 23.5 Å². The van der Waals surface area contributed by atoms with Gasteiger partial charge in [-0.25, -0.2) is 8.78 Å². The lowest BCUT2D eigenvalue weighted by atomic mass is 9.95. The van der Waals surface area contributed by atoms with E-state index in [1.54, 1.807) is 26.0 Å². The molecule has 0 unspecified atom stereocenters. The second kappa shape index (κ2) is 24.5. The summed E-state index contributed by atoms with van der Waals surface area (Å²) in [7, 11) is 1.46. The summed E-state index contributed by atoms with van der Waals surface area (Å²) >= 11 is 9.31. The van der Waals surface area contributed by atoms with Gasteiger partial charge in [-0.05, 0) is 98.6 Å². The minimum Gasteiger partial charge on any atom is -0.505 e. The van der Waals surface area contributed by atoms with E-state index in [1.165, 1.54) is 13.2 Å². The summed E-state index contributed by atoms with van der Waals surface area (Å²) in [6.45, 7) is 12.6. The van der Waals surface area contributed by atoms with E-state index < -0.39 is 5.82 Å². The van der Waals surface area contributed by atoms with Gasteiger partial charge in [-0.15, -0.1) is 47.3 Å². The highest BCUT2D eigenvalue weighted by Gasteiger charge is 2.16. The largest absolute Gasteiger partial charge is 0.505 e. The maximum Gasteiger partial charge on any atom is 0.369 e. The number of aryl methyl sites for hydroxylation is 2. The summed E-state index contributed by atoms with van der Waals surface area (Å²) in [6, 6.07) is 6.49. The Morgan fingerprint density at radius 2 is 1.16 bits per heavy atom. The number of rotatable bonds is 15. The maximum absolute atomic E-state index is 14.4. The van der Waals surface area contributed by atoms with Crippen molar-refractivity contribution in [1.82, 2.24) is 0 Å². The van der Waals surface area contributed by atoms with Gasteiger partial charge < -0.3 is 19.3 Å². The molecule has 0 amide bonds. The van der Waals surface area contributed by atoms with Crippen molar-refractivity contribution in [2.75, 3.05) is 20.3 Å². The Morgan fingerprint density at radius 1 is 0.756 bits per heavy atom. The molecular weight excluding hydrogens is 781 g/mol. The van der Waals surface area contributed by atoms with Crippen molar-refractivity contribution in [3.8, 4) is 11.5 Å². The second-order valence-corrected chi connectivity index (χ2v) is 17.4. The van der Waals surface area contributed by atoms with Crippen LogP contribution in [0.25, 0.3) is 0 Å². The molecule has 254 valence electrons. The molecule has 0 bridgehead atoms. The number of esters is 2. The molecule has 0 spiro atoms. The van der Waals surface area contributed by atoms with Gasteiger partial charge in [0.05, 0.1) is 20.3 Å². The minimum atomic E-state index is -0.563. The number of methoxy groups -OCH3 is 1. The molecule has 0 aliphatic rings. The van der Waals surface area contributed by atoms with Crippen LogP contribution < -0.4 is 4.74 Å². The van der Waals surface area contributed by atoms with Crippen LogP contribution in [0.1, 0.15) is 89.5 Å². The van der Waals surface area contributed by atoms with Crippen LogP contribution >= 0.6 is 47.3 Å². The molecular formula is C33H48BBr3F2O6. The van der Waals surface area contributed by atoms with Gasteiger partial charge in [0, 0.05) is 12.8 Å². The lowest BCUT2D eigenvalue weighted by molar-refractivity contribution is -0.144. The van der Waals surface area contributed by atoms with Crippen LogP contribution in [0.3, 0.4) is 0 Å². The topological polar surface area (TPSA) is 82.1 Å². The zero-order valence-electron chi connectivity index (χ0n) is 27.5. The number of benzene rings is 2. The summed E-state index contributed by atoms with van der Waals surface area (Å²) in [5.41, 5.74) is 2.81. The molecule has 0 saturated carbocycles. The number of halogens is 5. The minimum absolute atomic E-state index is 0.229. The van der Waals surface area contributed by atoms with Gasteiger partial charge in [-0.2, -0.15) is 0 Å². The summed E-state index contributed by atoms with van der Waals surface area (Å²) < 4.78 is 43.5. The van der Waals surface area contributed by atoms with Crippen LogP contribution in [-0.2, 0) is 44.7 Å². The molecule has 6 nitrogen and oxygen atoms in total. The third-order valence-corrected chi connectivity index (χ3v) is 6.60. The Labute approximate surface area is 293 Å². The van der Waals surface area contributed by atoms with Gasteiger partial charge in [-0.1, -0.05) is 39.8 Å². The van der Waals surface area contributed by atoms with Crippen molar-refractivity contribution >= 4 is 62.4 Å². The number of phenolic OH excluding ortho intramolecular Hbond substituents is 1. The van der Waals surface area contributed by atoms with Gasteiger partial charge >= 0.3 is 15.1 Å². The van der Waals surface area contributed by atoms with Gasteiger partial charge in [0.15, 0.2) is 23.1 Å². The molecule has 0 aliphatic heterocycles. The van der Waals surface area contributed by atoms with Gasteiger partial charge in [0.1, 0.15) is 0 Å². The number of carbonyl (C=O) groups is 2. The van der Waals surface area contributed by atoms with E-state index in [0.717, 1.165) is 24.0 Å². The highest BCUT2D eigenvalue weighted by atomic mass is 79.9. The number of carbonyl (C=O) groups excluding carboxylic acids is 2. The number of hydrogen-bond acceptors (Lipinski definition) is 6. The number of ether oxygens (including phenoxy) is 3. The van der Waals surface area contributed by atoms with Crippen molar-refractivity contribution in [1.29, 1.82) is 0 Å². The summed E-state index contributed by atoms with van der Waals surface area (Å²) in [5.74, 6) is -0.522. The summed E-state index contributed by atoms with van der Waals surface area (Å²) in [5, 5.41) is 9.48. The van der Waals surface area contributed by atoms with E-state index in [1.807, 2.05) is 6.07 Å². The van der Waals surface area contributed by atoms with Gasteiger partial charge in [-0.3, -0.25) is 9.59 Å². The van der Waals surface area contributed by atoms with Crippen LogP contribution in [0.15, 0.2) is 24.3 Å². The predicted octanol–water partition coefficient (Wildman–Crippen LogP) is 9.69. The molecule has 0 fully saturated rings. The molecule has 2 aromatic rings. The van der Waals surface area contributed by atoms with E-state index in [-0.39, 0.29) is 45.3 Å². The molecule has 0 atom stereocenters. The molecule has 2 rings (SSSR count). The van der Waals surface area contributed by atoms with E-state index >= 15 is 0 Å². The average molecular weight is 829 g/mol. The number of hydrogen-bond donors (Lipinski definition) is 1. The number of aromatic hydroxyl groups is 1. The monoisotopic (exact) mass is 826 g/mol. The fraction of sp³-hybridized carbons (Fsp3) is 0.576. The van der Waals surface area contributed by atoms with Gasteiger partial charge in [0.25, 0.3) is 0 Å². The van der Waals surface area contributed by atoms with Crippen molar-refractivity contribution in [3.05, 3.63) is 58.2 Å². The smallest absolute Gasteiger partial charge is 0.369 e. The maximum atomic E-state index is 14.4. The Hall–Kier alpha value is -1.66. The Kier molecular flexibility index (Phi) is 23.6. The SMILES string of the molecule is BrB(Br)Br.CCOC(=O)CCc1ccc(O)c(F)c1CCC(C)C.CCOC(=O)CCc1ccc(OC)c(F)c1CCC(C)C. The van der Waals surface area contributed by atoms with E-state index in [2.05, 4.69) is 75.0 Å². The van der Waals surface area contributed by atoms with Crippen LogP contribution in [0.2, 0.25) is 0 Å². The first-order valence-electron chi connectivity index (χ1n) is 15.2. The van der Waals surface area contributed by atoms with Crippen molar-refractivity contribution in [3.63, 3.8) is 0 Å². The molecule has 0 aromatic heterocycles. The standard InChI is InChI=1S/C17H25FO3.C16H23FO3.BBr3/c1-5-21-16(19)11-8-13-7-10-15(20-4)17(18)14(13)9-6-12(2)3;1-4-20-15(19)10-7-12-6-9-14(18)16(17)13(12)8-5-11(2)3;2-1(3)4/h7,10,12H,5-6,8-9,11H2,1-4H3;6,9,11,18H,4-5,7-8,10H2,1-3H3;. The molecule has 0 saturated heterocycles. The van der Waals surface area contributed by atoms with E-state index in [4.69, 9.17) is 14.2 Å². The van der Waals surface area contributed by atoms with Gasteiger partial charge in [0.2, 0.25) is 0 Å². The quantitative estimate of drug-likeness (QED) is 0.142. The molecule has 12 heteroatoms. The van der Waals surface area contributed by atoms with Crippen LogP contribution in [-0.4, -0.2) is 40.6 Å². The zero-order chi connectivity index (χ0) is 34.5. The highest BCUT2D eigenvalue weighted by Crippen LogP contribution is 2.28. The lowest BCUT2D eigenvalue weighted by Gasteiger charge is -2.14. The second-order valence-electron chi connectivity index (χ2n) is 11.0. The molecule has 0 radical (unpaired) electrons. The lowest BCUT2D eigenvalue weighted by Crippen LogP contribution is -2.08. The highest BCUT2D eigenvalue weighted by molar-refractivity contribution is 9.69. The first-order valence-corrected chi connectivity index (χ1v) is 18.0. The first kappa shape index (κ1) is 43.3. The third-order valence-electron chi connectivity index (χ3n) is 6.60. The third kappa shape index (κ3) is 18.9. The summed E-state index contributed by atoms with van der Waals surface area (Å²) in [4.78, 5) is 22.8. The molecule has 2 aromatic carbocycles. The number of phenols is 1. The fourth-order valence-corrected chi connectivity index (χ4v) is 4.26. The summed E-state index contributed by atoms with van der Waals surface area (Å²) in [6.07, 6.45) is 4.38.